The van der Waals surface area contributed by atoms with Gasteiger partial charge in [0.1, 0.15) is 5.82 Å². The van der Waals surface area contributed by atoms with Gasteiger partial charge in [-0.3, -0.25) is 0 Å². The molecule has 0 amide bonds. The lowest BCUT2D eigenvalue weighted by Gasteiger charge is -2.13. The first-order valence-corrected chi connectivity index (χ1v) is 6.99. The van der Waals surface area contributed by atoms with E-state index < -0.39 is 0 Å². The number of hydrogen-bond acceptors (Lipinski definition) is 2. The average molecular weight is 292 g/mol. The van der Waals surface area contributed by atoms with Crippen molar-refractivity contribution in [3.63, 3.8) is 0 Å². The number of thioether (sulfide) groups is 1. The quantitative estimate of drug-likeness (QED) is 0.892. The van der Waals surface area contributed by atoms with Crippen LogP contribution in [-0.4, -0.2) is 18.1 Å². The highest BCUT2D eigenvalue weighted by Gasteiger charge is 2.06. The Bertz CT molecular complexity index is 319. The summed E-state index contributed by atoms with van der Waals surface area (Å²) in [6.07, 6.45) is 2.08. The molecule has 1 nitrogen and oxygen atoms in total. The van der Waals surface area contributed by atoms with E-state index in [1.807, 2.05) is 6.07 Å². The largest absolute Gasteiger partial charge is 0.309 e. The molecule has 0 aliphatic carbocycles. The van der Waals surface area contributed by atoms with E-state index in [9.17, 15) is 4.39 Å². The second kappa shape index (κ2) is 6.51. The van der Waals surface area contributed by atoms with E-state index >= 15 is 0 Å². The van der Waals surface area contributed by atoms with Crippen LogP contribution in [0.1, 0.15) is 12.5 Å². The molecule has 1 atom stereocenters. The molecule has 15 heavy (non-hydrogen) atoms. The molecule has 84 valence electrons. The Morgan fingerprint density at radius 3 is 2.93 bits per heavy atom. The molecule has 1 aromatic carbocycles. The predicted molar refractivity (Wildman–Crippen MR) is 68.8 cm³/mol. The summed E-state index contributed by atoms with van der Waals surface area (Å²) in [4.78, 5) is 0. The highest BCUT2D eigenvalue weighted by atomic mass is 79.9. The zero-order chi connectivity index (χ0) is 11.3. The van der Waals surface area contributed by atoms with Crippen molar-refractivity contribution in [2.24, 2.45) is 0 Å². The minimum Gasteiger partial charge on any atom is -0.309 e. The zero-order valence-corrected chi connectivity index (χ0v) is 11.3. The van der Waals surface area contributed by atoms with E-state index in [1.54, 1.807) is 17.8 Å². The van der Waals surface area contributed by atoms with Gasteiger partial charge in [0.05, 0.1) is 4.47 Å². The van der Waals surface area contributed by atoms with Crippen LogP contribution in [0.15, 0.2) is 22.7 Å². The second-order valence-electron chi connectivity index (χ2n) is 3.45. The van der Waals surface area contributed by atoms with Gasteiger partial charge in [-0.1, -0.05) is 12.1 Å². The molecule has 0 bridgehead atoms. The summed E-state index contributed by atoms with van der Waals surface area (Å²) in [5.74, 6) is 0.860. The zero-order valence-electron chi connectivity index (χ0n) is 8.89. The molecule has 0 saturated heterocycles. The van der Waals surface area contributed by atoms with E-state index in [1.165, 1.54) is 6.07 Å². The fourth-order valence-corrected chi connectivity index (χ4v) is 2.30. The van der Waals surface area contributed by atoms with Crippen LogP contribution in [0.3, 0.4) is 0 Å². The molecule has 0 fully saturated rings. The van der Waals surface area contributed by atoms with Crippen LogP contribution in [0.2, 0.25) is 0 Å². The maximum atomic E-state index is 13.2. The van der Waals surface area contributed by atoms with E-state index in [-0.39, 0.29) is 5.82 Å². The van der Waals surface area contributed by atoms with Gasteiger partial charge in [0.15, 0.2) is 0 Å². The molecule has 1 unspecified atom stereocenters. The molecule has 1 N–H and O–H groups in total. The third-order valence-corrected chi connectivity index (χ3v) is 3.81. The van der Waals surface area contributed by atoms with Crippen molar-refractivity contribution in [1.82, 2.24) is 5.32 Å². The van der Waals surface area contributed by atoms with Crippen LogP contribution < -0.4 is 5.32 Å². The number of rotatable bonds is 5. The van der Waals surface area contributed by atoms with Gasteiger partial charge in [-0.15, -0.1) is 0 Å². The van der Waals surface area contributed by atoms with Gasteiger partial charge in [-0.05, 0) is 40.7 Å². The second-order valence-corrected chi connectivity index (χ2v) is 5.15. The minimum absolute atomic E-state index is 0.202. The Morgan fingerprint density at radius 2 is 2.27 bits per heavy atom. The molecule has 0 aliphatic rings. The van der Waals surface area contributed by atoms with Crippen molar-refractivity contribution in [1.29, 1.82) is 0 Å². The highest BCUT2D eigenvalue weighted by molar-refractivity contribution is 9.10. The highest BCUT2D eigenvalue weighted by Crippen LogP contribution is 2.20. The fourth-order valence-electron chi connectivity index (χ4n) is 1.28. The molecule has 4 heteroatoms. The van der Waals surface area contributed by atoms with Gasteiger partial charge in [-0.25, -0.2) is 4.39 Å². The summed E-state index contributed by atoms with van der Waals surface area (Å²) < 4.78 is 13.7. The molecular formula is C11H15BrFNS. The SMILES string of the molecule is CSCC(C)NCc1cccc(F)c1Br. The lowest BCUT2D eigenvalue weighted by Crippen LogP contribution is -2.27. The molecule has 0 aromatic heterocycles. The summed E-state index contributed by atoms with van der Waals surface area (Å²) in [5.41, 5.74) is 0.961. The van der Waals surface area contributed by atoms with Crippen LogP contribution in [0.4, 0.5) is 4.39 Å². The first-order valence-electron chi connectivity index (χ1n) is 4.80. The monoisotopic (exact) mass is 291 g/mol. The van der Waals surface area contributed by atoms with Crippen LogP contribution in [-0.2, 0) is 6.54 Å². The van der Waals surface area contributed by atoms with Crippen LogP contribution >= 0.6 is 27.7 Å². The Kier molecular flexibility index (Phi) is 5.64. The first kappa shape index (κ1) is 13.0. The number of benzene rings is 1. The Morgan fingerprint density at radius 1 is 1.53 bits per heavy atom. The van der Waals surface area contributed by atoms with Crippen LogP contribution in [0.5, 0.6) is 0 Å². The number of hydrogen-bond donors (Lipinski definition) is 1. The Labute approximate surface area is 103 Å². The minimum atomic E-state index is -0.202. The third kappa shape index (κ3) is 4.13. The number of nitrogens with one attached hydrogen (secondary N) is 1. The predicted octanol–water partition coefficient (Wildman–Crippen LogP) is 3.43. The molecule has 0 radical (unpaired) electrons. The van der Waals surface area contributed by atoms with Gasteiger partial charge in [-0.2, -0.15) is 11.8 Å². The molecular weight excluding hydrogens is 277 g/mol. The molecule has 1 rings (SSSR count). The maximum Gasteiger partial charge on any atom is 0.137 e. The smallest absolute Gasteiger partial charge is 0.137 e. The Balaban J connectivity index is 2.54. The lowest BCUT2D eigenvalue weighted by molar-refractivity contribution is 0.583. The van der Waals surface area contributed by atoms with Crippen LogP contribution in [0, 0.1) is 5.82 Å². The summed E-state index contributed by atoms with van der Waals surface area (Å²) in [7, 11) is 0. The molecule has 0 saturated carbocycles. The molecule has 0 aliphatic heterocycles. The standard InChI is InChI=1S/C11H15BrFNS/c1-8(7-15-2)14-6-9-4-3-5-10(13)11(9)12/h3-5,8,14H,6-7H2,1-2H3. The van der Waals surface area contributed by atoms with E-state index in [4.69, 9.17) is 0 Å². The van der Waals surface area contributed by atoms with Crippen molar-refractivity contribution in [3.05, 3.63) is 34.1 Å². The fraction of sp³-hybridized carbons (Fsp3) is 0.455. The normalized spacial score (nSPS) is 12.8. The van der Waals surface area contributed by atoms with Crippen molar-refractivity contribution in [3.8, 4) is 0 Å². The van der Waals surface area contributed by atoms with Gasteiger partial charge in [0.2, 0.25) is 0 Å². The Hall–Kier alpha value is -0.0600. The van der Waals surface area contributed by atoms with Gasteiger partial charge in [0.25, 0.3) is 0 Å². The summed E-state index contributed by atoms with van der Waals surface area (Å²) in [6, 6.07) is 5.55. The maximum absolute atomic E-state index is 13.2. The lowest BCUT2D eigenvalue weighted by atomic mass is 10.2. The summed E-state index contributed by atoms with van der Waals surface area (Å²) >= 11 is 5.05. The van der Waals surface area contributed by atoms with Crippen molar-refractivity contribution in [2.75, 3.05) is 12.0 Å². The first-order chi connectivity index (χ1) is 7.15. The van der Waals surface area contributed by atoms with Gasteiger partial charge >= 0.3 is 0 Å². The average Bonchev–Trinajstić information content (AvgIpc) is 2.21. The third-order valence-electron chi connectivity index (χ3n) is 2.09. The molecule has 0 heterocycles. The molecule has 0 spiro atoms. The van der Waals surface area contributed by atoms with E-state index in [0.717, 1.165) is 11.3 Å². The van der Waals surface area contributed by atoms with E-state index in [0.29, 0.717) is 17.1 Å². The summed E-state index contributed by atoms with van der Waals surface area (Å²) in [6.45, 7) is 2.82. The summed E-state index contributed by atoms with van der Waals surface area (Å²) in [5, 5.41) is 3.35. The van der Waals surface area contributed by atoms with Gasteiger partial charge < -0.3 is 5.32 Å². The number of halogens is 2. The van der Waals surface area contributed by atoms with Crippen molar-refractivity contribution in [2.45, 2.75) is 19.5 Å². The van der Waals surface area contributed by atoms with Crippen molar-refractivity contribution >= 4 is 27.7 Å². The topological polar surface area (TPSA) is 12.0 Å². The molecule has 1 aromatic rings. The van der Waals surface area contributed by atoms with Crippen LogP contribution in [0.25, 0.3) is 0 Å². The van der Waals surface area contributed by atoms with Gasteiger partial charge in [0, 0.05) is 18.3 Å². The van der Waals surface area contributed by atoms with E-state index in [2.05, 4.69) is 34.4 Å². The van der Waals surface area contributed by atoms with Crippen molar-refractivity contribution < 1.29 is 4.39 Å².